The van der Waals surface area contributed by atoms with Crippen LogP contribution in [0.3, 0.4) is 0 Å². The Balaban J connectivity index is 2.88. The van der Waals surface area contributed by atoms with Crippen LogP contribution in [0.2, 0.25) is 0 Å². The summed E-state index contributed by atoms with van der Waals surface area (Å²) < 4.78 is 38.6. The number of ether oxygens (including phenoxy) is 1. The van der Waals surface area contributed by atoms with Gasteiger partial charge in [-0.1, -0.05) is 19.1 Å². The van der Waals surface area contributed by atoms with Crippen molar-refractivity contribution >= 4 is 22.4 Å². The molecule has 1 N–H and O–H groups in total. The van der Waals surface area contributed by atoms with Crippen LogP contribution in [0.5, 0.6) is 5.75 Å². The summed E-state index contributed by atoms with van der Waals surface area (Å²) in [7, 11) is -4.58. The zero-order valence-electron chi connectivity index (χ0n) is 11.1. The van der Waals surface area contributed by atoms with Gasteiger partial charge in [0, 0.05) is 0 Å². The van der Waals surface area contributed by atoms with Crippen LogP contribution in [0.15, 0.2) is 29.8 Å². The molecular weight excluding hydrogens is 298 g/mol. The first-order valence-electron chi connectivity index (χ1n) is 5.91. The summed E-state index contributed by atoms with van der Waals surface area (Å²) in [5.41, 5.74) is 0.301. The van der Waals surface area contributed by atoms with Gasteiger partial charge in [-0.15, -0.1) is 0 Å². The van der Waals surface area contributed by atoms with Crippen LogP contribution >= 0.6 is 0 Å². The second-order valence-corrected chi connectivity index (χ2v) is 4.91. The molecule has 0 heterocycles. The van der Waals surface area contributed by atoms with E-state index in [1.807, 2.05) is 6.92 Å². The minimum atomic E-state index is -4.58. The van der Waals surface area contributed by atoms with E-state index >= 15 is 0 Å². The number of rotatable bonds is 6. The first-order chi connectivity index (χ1) is 9.85. The fraction of sp³-hybridized carbons (Fsp3) is 0.231. The van der Waals surface area contributed by atoms with E-state index in [0.717, 1.165) is 0 Å². The molecule has 0 saturated heterocycles. The highest BCUT2D eigenvalue weighted by molar-refractivity contribution is 7.81. The van der Waals surface area contributed by atoms with Crippen molar-refractivity contribution in [2.24, 2.45) is 0 Å². The Kier molecular flexibility index (Phi) is 5.90. The van der Waals surface area contributed by atoms with Crippen molar-refractivity contribution in [3.8, 4) is 11.8 Å². The molecular formula is C13H13NO6S. The van der Waals surface area contributed by atoms with E-state index in [1.165, 1.54) is 30.3 Å². The lowest BCUT2D eigenvalue weighted by Gasteiger charge is -2.03. The van der Waals surface area contributed by atoms with Crippen molar-refractivity contribution in [2.75, 3.05) is 6.61 Å². The topological polar surface area (TPSA) is 114 Å². The summed E-state index contributed by atoms with van der Waals surface area (Å²) in [6, 6.07) is 7.11. The molecule has 1 aromatic rings. The minimum Gasteiger partial charge on any atom is -0.462 e. The number of esters is 1. The Morgan fingerprint density at radius 2 is 2.00 bits per heavy atom. The normalized spacial score (nSPS) is 11.6. The standard InChI is InChI=1S/C13H13NO6S/c1-2-7-19-13(15)11(9-14)8-10-3-5-12(6-4-10)20-21(16,17)18/h3-6,8H,2,7H2,1H3,(H,16,17,18). The van der Waals surface area contributed by atoms with Crippen molar-refractivity contribution in [2.45, 2.75) is 13.3 Å². The lowest BCUT2D eigenvalue weighted by molar-refractivity contribution is -0.138. The zero-order valence-corrected chi connectivity index (χ0v) is 12.0. The van der Waals surface area contributed by atoms with Crippen LogP contribution in [0.4, 0.5) is 0 Å². The van der Waals surface area contributed by atoms with E-state index in [1.54, 1.807) is 6.07 Å². The van der Waals surface area contributed by atoms with Crippen molar-refractivity contribution in [1.29, 1.82) is 5.26 Å². The monoisotopic (exact) mass is 311 g/mol. The van der Waals surface area contributed by atoms with Gasteiger partial charge in [0.25, 0.3) is 0 Å². The van der Waals surface area contributed by atoms with E-state index < -0.39 is 16.4 Å². The molecule has 0 saturated carbocycles. The van der Waals surface area contributed by atoms with Crippen molar-refractivity contribution in [3.05, 3.63) is 35.4 Å². The van der Waals surface area contributed by atoms with Gasteiger partial charge in [-0.05, 0) is 30.2 Å². The first kappa shape index (κ1) is 16.7. The van der Waals surface area contributed by atoms with E-state index in [2.05, 4.69) is 4.18 Å². The highest BCUT2D eigenvalue weighted by atomic mass is 32.3. The van der Waals surface area contributed by atoms with Gasteiger partial charge in [0.15, 0.2) is 0 Å². The molecule has 0 bridgehead atoms. The molecule has 0 aromatic heterocycles. The number of hydrogen-bond acceptors (Lipinski definition) is 6. The van der Waals surface area contributed by atoms with Gasteiger partial charge in [-0.3, -0.25) is 4.55 Å². The fourth-order valence-electron chi connectivity index (χ4n) is 1.32. The fourth-order valence-corrected chi connectivity index (χ4v) is 1.67. The second kappa shape index (κ2) is 7.42. The summed E-state index contributed by atoms with van der Waals surface area (Å²) in [5, 5.41) is 8.91. The maximum atomic E-state index is 11.5. The first-order valence-corrected chi connectivity index (χ1v) is 7.28. The Hall–Kier alpha value is -2.37. The lowest BCUT2D eigenvalue weighted by atomic mass is 10.1. The molecule has 1 rings (SSSR count). The molecule has 0 aliphatic heterocycles. The molecule has 0 fully saturated rings. The molecule has 112 valence electrons. The minimum absolute atomic E-state index is 0.0956. The highest BCUT2D eigenvalue weighted by Gasteiger charge is 2.10. The Bertz CT molecular complexity index is 670. The van der Waals surface area contributed by atoms with Gasteiger partial charge in [-0.2, -0.15) is 13.7 Å². The lowest BCUT2D eigenvalue weighted by Crippen LogP contribution is -2.07. The smallest absolute Gasteiger partial charge is 0.446 e. The van der Waals surface area contributed by atoms with Crippen LogP contribution < -0.4 is 4.18 Å². The van der Waals surface area contributed by atoms with Gasteiger partial charge < -0.3 is 8.92 Å². The maximum absolute atomic E-state index is 11.5. The molecule has 0 radical (unpaired) electrons. The predicted molar refractivity (Wildman–Crippen MR) is 73.5 cm³/mol. The van der Waals surface area contributed by atoms with E-state index in [-0.39, 0.29) is 17.9 Å². The third-order valence-corrected chi connectivity index (χ3v) is 2.57. The number of nitrogens with zero attached hydrogens (tertiary/aromatic N) is 1. The Labute approximate surface area is 122 Å². The number of nitriles is 1. The highest BCUT2D eigenvalue weighted by Crippen LogP contribution is 2.16. The zero-order chi connectivity index (χ0) is 15.9. The molecule has 0 amide bonds. The predicted octanol–water partition coefficient (Wildman–Crippen LogP) is 1.73. The molecule has 0 atom stereocenters. The third-order valence-electron chi connectivity index (χ3n) is 2.17. The van der Waals surface area contributed by atoms with Gasteiger partial charge >= 0.3 is 16.4 Å². The van der Waals surface area contributed by atoms with Crippen LogP contribution in [-0.2, 0) is 19.9 Å². The van der Waals surface area contributed by atoms with E-state index in [9.17, 15) is 13.2 Å². The van der Waals surface area contributed by atoms with Crippen LogP contribution in [0.1, 0.15) is 18.9 Å². The van der Waals surface area contributed by atoms with Crippen molar-refractivity contribution in [3.63, 3.8) is 0 Å². The largest absolute Gasteiger partial charge is 0.462 e. The number of carbonyl (C=O) groups is 1. The second-order valence-electron chi connectivity index (χ2n) is 3.89. The van der Waals surface area contributed by atoms with Crippen LogP contribution in [0.25, 0.3) is 6.08 Å². The number of hydrogen-bond donors (Lipinski definition) is 1. The molecule has 0 aliphatic rings. The van der Waals surface area contributed by atoms with Gasteiger partial charge in [0.1, 0.15) is 17.4 Å². The van der Waals surface area contributed by atoms with Gasteiger partial charge in [0.2, 0.25) is 0 Å². The summed E-state index contributed by atoms with van der Waals surface area (Å²) in [6.07, 6.45) is 1.95. The average Bonchev–Trinajstić information content (AvgIpc) is 2.42. The average molecular weight is 311 g/mol. The van der Waals surface area contributed by atoms with Crippen molar-refractivity contribution in [1.82, 2.24) is 0 Å². The molecule has 0 unspecified atom stereocenters. The van der Waals surface area contributed by atoms with E-state index in [4.69, 9.17) is 14.6 Å². The Morgan fingerprint density at radius 3 is 2.48 bits per heavy atom. The quantitative estimate of drug-likeness (QED) is 0.368. The molecule has 7 nitrogen and oxygen atoms in total. The van der Waals surface area contributed by atoms with Crippen LogP contribution in [0, 0.1) is 11.3 Å². The summed E-state index contributed by atoms with van der Waals surface area (Å²) in [4.78, 5) is 11.5. The molecule has 0 aliphatic carbocycles. The summed E-state index contributed by atoms with van der Waals surface area (Å²) in [6.45, 7) is 2.05. The van der Waals surface area contributed by atoms with Gasteiger partial charge in [0.05, 0.1) is 6.61 Å². The SMILES string of the molecule is CCCOC(=O)C(C#N)=Cc1ccc(OS(=O)(=O)O)cc1. The Morgan fingerprint density at radius 1 is 1.38 bits per heavy atom. The molecule has 0 spiro atoms. The number of carbonyl (C=O) groups excluding carboxylic acids is 1. The molecule has 1 aromatic carbocycles. The maximum Gasteiger partial charge on any atom is 0.446 e. The van der Waals surface area contributed by atoms with E-state index in [0.29, 0.717) is 12.0 Å². The van der Waals surface area contributed by atoms with Crippen LogP contribution in [-0.4, -0.2) is 25.5 Å². The summed E-state index contributed by atoms with van der Waals surface area (Å²) >= 11 is 0. The third kappa shape index (κ3) is 6.07. The molecule has 8 heteroatoms. The van der Waals surface area contributed by atoms with Gasteiger partial charge in [-0.25, -0.2) is 4.79 Å². The van der Waals surface area contributed by atoms with Crippen molar-refractivity contribution < 1.29 is 26.7 Å². The molecule has 21 heavy (non-hydrogen) atoms. The summed E-state index contributed by atoms with van der Waals surface area (Å²) in [5.74, 6) is -0.820. The number of benzene rings is 1.